The van der Waals surface area contributed by atoms with Crippen molar-refractivity contribution < 1.29 is 14.4 Å². The van der Waals surface area contributed by atoms with Gasteiger partial charge < -0.3 is 10.6 Å². The maximum Gasteiger partial charge on any atom is 0.321 e. The first-order valence-corrected chi connectivity index (χ1v) is 5.39. The summed E-state index contributed by atoms with van der Waals surface area (Å²) in [6.07, 6.45) is 0. The Balaban J connectivity index is 3.67. The molecule has 0 atom stereocenters. The Labute approximate surface area is 99.1 Å². The lowest BCUT2D eigenvalue weighted by Gasteiger charge is -2.08. The second kappa shape index (κ2) is 7.92. The van der Waals surface area contributed by atoms with Crippen LogP contribution in [0.3, 0.4) is 0 Å². The molecule has 0 rings (SSSR count). The Morgan fingerprint density at radius 3 is 2.25 bits per heavy atom. The first-order chi connectivity index (χ1) is 7.45. The molecule has 0 aromatic carbocycles. The van der Waals surface area contributed by atoms with E-state index in [1.807, 2.05) is 19.2 Å². The summed E-state index contributed by atoms with van der Waals surface area (Å²) in [6.45, 7) is 4.29. The monoisotopic (exact) mass is 249 g/mol. The van der Waals surface area contributed by atoms with Crippen molar-refractivity contribution in [3.05, 3.63) is 0 Å². The average Bonchev–Trinajstić information content (AvgIpc) is 2.23. The van der Waals surface area contributed by atoms with Crippen LogP contribution in [0, 0.1) is 5.92 Å². The van der Waals surface area contributed by atoms with E-state index in [0.29, 0.717) is 12.5 Å². The molecule has 0 unspecified atom stereocenters. The number of imide groups is 1. The summed E-state index contributed by atoms with van der Waals surface area (Å²) in [5.41, 5.74) is 0. The van der Waals surface area contributed by atoms with Crippen molar-refractivity contribution in [3.63, 3.8) is 0 Å². The Morgan fingerprint density at radius 2 is 1.75 bits per heavy atom. The Kier molecular flexibility index (Phi) is 7.28. The number of rotatable bonds is 5. The predicted molar refractivity (Wildman–Crippen MR) is 60.1 cm³/mol. The highest BCUT2D eigenvalue weighted by Gasteiger charge is 2.08. The van der Waals surface area contributed by atoms with E-state index in [1.165, 1.54) is 0 Å². The number of nitrogens with one attached hydrogen (secondary N) is 3. The lowest BCUT2D eigenvalue weighted by Crippen LogP contribution is -2.44. The van der Waals surface area contributed by atoms with Crippen molar-refractivity contribution in [2.75, 3.05) is 19.0 Å². The van der Waals surface area contributed by atoms with Gasteiger partial charge in [-0.15, -0.1) is 11.6 Å². The minimum atomic E-state index is -0.731. The predicted octanol–water partition coefficient (Wildman–Crippen LogP) is -0.177. The molecule has 0 heterocycles. The molecule has 0 spiro atoms. The minimum absolute atomic E-state index is 0.173. The molecule has 0 saturated heterocycles. The van der Waals surface area contributed by atoms with E-state index in [1.54, 1.807) is 0 Å². The van der Waals surface area contributed by atoms with Gasteiger partial charge in [0.15, 0.2) is 0 Å². The van der Waals surface area contributed by atoms with Gasteiger partial charge in [-0.1, -0.05) is 13.8 Å². The van der Waals surface area contributed by atoms with E-state index in [-0.39, 0.29) is 18.3 Å². The van der Waals surface area contributed by atoms with Crippen LogP contribution in [-0.4, -0.2) is 36.8 Å². The highest BCUT2D eigenvalue weighted by atomic mass is 35.5. The van der Waals surface area contributed by atoms with Crippen LogP contribution in [0.15, 0.2) is 0 Å². The van der Waals surface area contributed by atoms with Crippen molar-refractivity contribution in [2.45, 2.75) is 13.8 Å². The quantitative estimate of drug-likeness (QED) is 0.591. The fraction of sp³-hybridized carbons (Fsp3) is 0.667. The van der Waals surface area contributed by atoms with E-state index in [2.05, 4.69) is 10.6 Å². The summed E-state index contributed by atoms with van der Waals surface area (Å²) in [5, 5.41) is 6.79. The van der Waals surface area contributed by atoms with Crippen LogP contribution >= 0.6 is 11.6 Å². The summed E-state index contributed by atoms with van der Waals surface area (Å²) in [4.78, 5) is 32.8. The summed E-state index contributed by atoms with van der Waals surface area (Å²) < 4.78 is 0. The molecule has 4 amide bonds. The highest BCUT2D eigenvalue weighted by molar-refractivity contribution is 6.28. The van der Waals surface area contributed by atoms with E-state index in [4.69, 9.17) is 11.6 Å². The number of alkyl halides is 1. The summed E-state index contributed by atoms with van der Waals surface area (Å²) in [7, 11) is 0. The number of hydrogen-bond donors (Lipinski definition) is 3. The Hall–Kier alpha value is -1.30. The minimum Gasteiger partial charge on any atom is -0.354 e. The van der Waals surface area contributed by atoms with Crippen LogP contribution in [0.5, 0.6) is 0 Å². The molecule has 0 aliphatic heterocycles. The molecule has 0 aromatic heterocycles. The van der Waals surface area contributed by atoms with Crippen LogP contribution < -0.4 is 16.0 Å². The fourth-order valence-electron chi connectivity index (χ4n) is 0.745. The van der Waals surface area contributed by atoms with Crippen LogP contribution in [0.25, 0.3) is 0 Å². The van der Waals surface area contributed by atoms with Crippen molar-refractivity contribution in [1.82, 2.24) is 16.0 Å². The molecule has 6 nitrogen and oxygen atoms in total. The summed E-state index contributed by atoms with van der Waals surface area (Å²) >= 11 is 5.17. The number of hydrogen-bond acceptors (Lipinski definition) is 3. The first-order valence-electron chi connectivity index (χ1n) is 4.86. The first kappa shape index (κ1) is 14.7. The van der Waals surface area contributed by atoms with Crippen molar-refractivity contribution in [1.29, 1.82) is 0 Å². The van der Waals surface area contributed by atoms with Gasteiger partial charge in [-0.05, 0) is 5.92 Å². The topological polar surface area (TPSA) is 87.3 Å². The molecule has 0 radical (unpaired) electrons. The normalized spacial score (nSPS) is 9.75. The molecular formula is C9H16ClN3O3. The Bertz CT molecular complexity index is 269. The van der Waals surface area contributed by atoms with Gasteiger partial charge in [0.1, 0.15) is 5.88 Å². The summed E-state index contributed by atoms with van der Waals surface area (Å²) in [6, 6.07) is -0.731. The van der Waals surface area contributed by atoms with Gasteiger partial charge in [0.2, 0.25) is 11.8 Å². The van der Waals surface area contributed by atoms with E-state index in [9.17, 15) is 14.4 Å². The standard InChI is InChI=1S/C9H16ClN3O3/c1-6(2)4-11-8(15)5-12-9(16)13-7(14)3-10/h6H,3-5H2,1-2H3,(H,11,15)(H2,12,13,14,16). The van der Waals surface area contributed by atoms with E-state index in [0.717, 1.165) is 0 Å². The zero-order valence-electron chi connectivity index (χ0n) is 9.30. The van der Waals surface area contributed by atoms with Gasteiger partial charge in [0, 0.05) is 6.54 Å². The van der Waals surface area contributed by atoms with Gasteiger partial charge in [0.05, 0.1) is 6.54 Å². The van der Waals surface area contributed by atoms with Crippen molar-refractivity contribution >= 4 is 29.4 Å². The summed E-state index contributed by atoms with van der Waals surface area (Å²) in [5.74, 6) is -0.869. The van der Waals surface area contributed by atoms with Gasteiger partial charge in [0.25, 0.3) is 0 Å². The van der Waals surface area contributed by atoms with Gasteiger partial charge in [-0.3, -0.25) is 14.9 Å². The number of carbonyl (C=O) groups is 3. The zero-order chi connectivity index (χ0) is 12.6. The molecule has 92 valence electrons. The molecule has 0 aromatic rings. The molecule has 7 heteroatoms. The molecule has 0 fully saturated rings. The number of halogens is 1. The second-order valence-corrected chi connectivity index (χ2v) is 3.83. The lowest BCUT2D eigenvalue weighted by atomic mass is 10.2. The molecular weight excluding hydrogens is 234 g/mol. The van der Waals surface area contributed by atoms with Crippen LogP contribution in [-0.2, 0) is 9.59 Å². The third-order valence-corrected chi connectivity index (χ3v) is 1.73. The molecule has 0 saturated carbocycles. The molecule has 0 bridgehead atoms. The third kappa shape index (κ3) is 8.05. The van der Waals surface area contributed by atoms with Gasteiger partial charge >= 0.3 is 6.03 Å². The second-order valence-electron chi connectivity index (χ2n) is 3.56. The molecule has 0 aliphatic rings. The highest BCUT2D eigenvalue weighted by Crippen LogP contribution is 1.86. The maximum absolute atomic E-state index is 11.1. The van der Waals surface area contributed by atoms with Gasteiger partial charge in [-0.2, -0.15) is 0 Å². The van der Waals surface area contributed by atoms with Crippen LogP contribution in [0.4, 0.5) is 4.79 Å². The smallest absolute Gasteiger partial charge is 0.321 e. The molecule has 0 aliphatic carbocycles. The van der Waals surface area contributed by atoms with Crippen molar-refractivity contribution in [3.8, 4) is 0 Å². The number of carbonyl (C=O) groups excluding carboxylic acids is 3. The van der Waals surface area contributed by atoms with Crippen molar-refractivity contribution in [2.24, 2.45) is 5.92 Å². The fourth-order valence-corrected chi connectivity index (χ4v) is 0.812. The van der Waals surface area contributed by atoms with E-state index < -0.39 is 11.9 Å². The lowest BCUT2D eigenvalue weighted by molar-refractivity contribution is -0.120. The SMILES string of the molecule is CC(C)CNC(=O)CNC(=O)NC(=O)CCl. The molecule has 16 heavy (non-hydrogen) atoms. The third-order valence-electron chi connectivity index (χ3n) is 1.49. The maximum atomic E-state index is 11.1. The Morgan fingerprint density at radius 1 is 1.12 bits per heavy atom. The number of urea groups is 1. The largest absolute Gasteiger partial charge is 0.354 e. The van der Waals surface area contributed by atoms with Crippen LogP contribution in [0.1, 0.15) is 13.8 Å². The van der Waals surface area contributed by atoms with Gasteiger partial charge in [-0.25, -0.2) is 4.79 Å². The zero-order valence-corrected chi connectivity index (χ0v) is 10.1. The molecule has 3 N–H and O–H groups in total. The average molecular weight is 250 g/mol. The van der Waals surface area contributed by atoms with Crippen LogP contribution in [0.2, 0.25) is 0 Å². The number of amides is 4. The van der Waals surface area contributed by atoms with E-state index >= 15 is 0 Å².